The van der Waals surface area contributed by atoms with Crippen LogP contribution in [0.2, 0.25) is 5.02 Å². The van der Waals surface area contributed by atoms with Crippen LogP contribution in [0.1, 0.15) is 5.56 Å². The van der Waals surface area contributed by atoms with Crippen LogP contribution in [0, 0.1) is 6.92 Å². The molecule has 0 bridgehead atoms. The maximum atomic E-state index is 5.98. The van der Waals surface area contributed by atoms with Crippen LogP contribution in [-0.4, -0.2) is 4.98 Å². The second-order valence-corrected chi connectivity index (χ2v) is 4.40. The molecule has 2 aromatic heterocycles. The van der Waals surface area contributed by atoms with Crippen molar-refractivity contribution in [3.8, 4) is 11.5 Å². The summed E-state index contributed by atoms with van der Waals surface area (Å²) >= 11 is 5.98. The van der Waals surface area contributed by atoms with Gasteiger partial charge in [-0.2, -0.15) is 0 Å². The molecular formula is C14H10ClNO. The van der Waals surface area contributed by atoms with E-state index in [9.17, 15) is 0 Å². The van der Waals surface area contributed by atoms with E-state index in [0.717, 1.165) is 32.9 Å². The number of halogens is 1. The molecule has 0 aliphatic heterocycles. The summed E-state index contributed by atoms with van der Waals surface area (Å²) in [5.74, 6) is 0.782. The van der Waals surface area contributed by atoms with Crippen LogP contribution >= 0.6 is 11.6 Å². The average molecular weight is 244 g/mol. The Bertz CT molecular complexity index is 674. The van der Waals surface area contributed by atoms with Crippen molar-refractivity contribution in [2.45, 2.75) is 6.92 Å². The van der Waals surface area contributed by atoms with Crippen LogP contribution in [0.3, 0.4) is 0 Å². The molecule has 0 saturated carbocycles. The third-order valence-corrected chi connectivity index (χ3v) is 2.99. The van der Waals surface area contributed by atoms with E-state index in [1.165, 1.54) is 0 Å². The molecule has 0 unspecified atom stereocenters. The summed E-state index contributed by atoms with van der Waals surface area (Å²) in [4.78, 5) is 4.57. The SMILES string of the molecule is Cc1cc(-c2ccco2)nc2ccc(Cl)cc12. The summed E-state index contributed by atoms with van der Waals surface area (Å²) in [6.07, 6.45) is 1.65. The Morgan fingerprint density at radius 2 is 2.06 bits per heavy atom. The van der Waals surface area contributed by atoms with E-state index in [4.69, 9.17) is 16.0 Å². The minimum atomic E-state index is 0.730. The summed E-state index contributed by atoms with van der Waals surface area (Å²) in [6, 6.07) is 11.5. The first-order valence-electron chi connectivity index (χ1n) is 5.35. The van der Waals surface area contributed by atoms with E-state index < -0.39 is 0 Å². The Labute approximate surface area is 104 Å². The number of aryl methyl sites for hydroxylation is 1. The molecule has 84 valence electrons. The molecule has 17 heavy (non-hydrogen) atoms. The molecule has 0 spiro atoms. The van der Waals surface area contributed by atoms with Crippen LogP contribution < -0.4 is 0 Å². The number of pyridine rings is 1. The third-order valence-electron chi connectivity index (χ3n) is 2.75. The molecule has 0 aliphatic rings. The number of hydrogen-bond donors (Lipinski definition) is 0. The van der Waals surface area contributed by atoms with Gasteiger partial charge >= 0.3 is 0 Å². The predicted octanol–water partition coefficient (Wildman–Crippen LogP) is 4.46. The lowest BCUT2D eigenvalue weighted by Gasteiger charge is -2.05. The summed E-state index contributed by atoms with van der Waals surface area (Å²) in [7, 11) is 0. The van der Waals surface area contributed by atoms with Crippen molar-refractivity contribution in [2.75, 3.05) is 0 Å². The summed E-state index contributed by atoms with van der Waals surface area (Å²) in [6.45, 7) is 2.05. The van der Waals surface area contributed by atoms with Gasteiger partial charge in [-0.1, -0.05) is 11.6 Å². The molecule has 3 heteroatoms. The zero-order chi connectivity index (χ0) is 11.8. The van der Waals surface area contributed by atoms with Gasteiger partial charge in [0.2, 0.25) is 0 Å². The van der Waals surface area contributed by atoms with E-state index >= 15 is 0 Å². The smallest absolute Gasteiger partial charge is 0.152 e. The van der Waals surface area contributed by atoms with E-state index in [0.29, 0.717) is 0 Å². The molecule has 3 aromatic rings. The Morgan fingerprint density at radius 1 is 1.18 bits per heavy atom. The molecule has 0 radical (unpaired) electrons. The number of hydrogen-bond acceptors (Lipinski definition) is 2. The molecule has 0 atom stereocenters. The van der Waals surface area contributed by atoms with E-state index in [2.05, 4.69) is 4.98 Å². The quantitative estimate of drug-likeness (QED) is 0.631. The Hall–Kier alpha value is -1.80. The molecule has 0 saturated heterocycles. The van der Waals surface area contributed by atoms with Crippen molar-refractivity contribution < 1.29 is 4.42 Å². The van der Waals surface area contributed by atoms with Crippen LogP contribution in [0.15, 0.2) is 47.1 Å². The molecular weight excluding hydrogens is 234 g/mol. The number of aromatic nitrogens is 1. The monoisotopic (exact) mass is 243 g/mol. The minimum Gasteiger partial charge on any atom is -0.463 e. The van der Waals surface area contributed by atoms with Gasteiger partial charge in [0, 0.05) is 10.4 Å². The average Bonchev–Trinajstić information content (AvgIpc) is 2.83. The number of fused-ring (bicyclic) bond motifs is 1. The number of benzene rings is 1. The predicted molar refractivity (Wildman–Crippen MR) is 69.2 cm³/mol. The highest BCUT2D eigenvalue weighted by Crippen LogP contribution is 2.26. The highest BCUT2D eigenvalue weighted by molar-refractivity contribution is 6.31. The van der Waals surface area contributed by atoms with Gasteiger partial charge in [0.05, 0.1) is 11.8 Å². The normalized spacial score (nSPS) is 10.9. The molecule has 0 aliphatic carbocycles. The van der Waals surface area contributed by atoms with Crippen molar-refractivity contribution in [3.63, 3.8) is 0 Å². The summed E-state index contributed by atoms with van der Waals surface area (Å²) < 4.78 is 5.36. The van der Waals surface area contributed by atoms with Gasteiger partial charge in [-0.15, -0.1) is 0 Å². The maximum absolute atomic E-state index is 5.98. The van der Waals surface area contributed by atoms with Gasteiger partial charge in [-0.25, -0.2) is 4.98 Å². The minimum absolute atomic E-state index is 0.730. The molecule has 0 fully saturated rings. The number of nitrogens with zero attached hydrogens (tertiary/aromatic N) is 1. The lowest BCUT2D eigenvalue weighted by atomic mass is 10.1. The van der Waals surface area contributed by atoms with Crippen LogP contribution in [0.25, 0.3) is 22.4 Å². The van der Waals surface area contributed by atoms with Crippen molar-refractivity contribution in [3.05, 3.63) is 53.2 Å². The van der Waals surface area contributed by atoms with E-state index in [1.807, 2.05) is 43.3 Å². The van der Waals surface area contributed by atoms with Gasteiger partial charge in [0.1, 0.15) is 5.69 Å². The summed E-state index contributed by atoms with van der Waals surface area (Å²) in [5.41, 5.74) is 2.92. The fourth-order valence-electron chi connectivity index (χ4n) is 1.92. The van der Waals surface area contributed by atoms with Gasteiger partial charge < -0.3 is 4.42 Å². The fraction of sp³-hybridized carbons (Fsp3) is 0.0714. The zero-order valence-corrected chi connectivity index (χ0v) is 10.0. The summed E-state index contributed by atoms with van der Waals surface area (Å²) in [5, 5.41) is 1.81. The Kier molecular flexibility index (Phi) is 2.37. The van der Waals surface area contributed by atoms with Gasteiger partial charge in [0.25, 0.3) is 0 Å². The lowest BCUT2D eigenvalue weighted by molar-refractivity contribution is 0.580. The van der Waals surface area contributed by atoms with Crippen molar-refractivity contribution in [1.29, 1.82) is 0 Å². The van der Waals surface area contributed by atoms with Crippen LogP contribution in [0.5, 0.6) is 0 Å². The van der Waals surface area contributed by atoms with Gasteiger partial charge in [-0.05, 0) is 48.9 Å². The first-order valence-corrected chi connectivity index (χ1v) is 5.72. The second kappa shape index (κ2) is 3.90. The molecule has 2 nitrogen and oxygen atoms in total. The van der Waals surface area contributed by atoms with Crippen molar-refractivity contribution in [2.24, 2.45) is 0 Å². The van der Waals surface area contributed by atoms with Crippen LogP contribution in [0.4, 0.5) is 0 Å². The fourth-order valence-corrected chi connectivity index (χ4v) is 2.09. The highest BCUT2D eigenvalue weighted by atomic mass is 35.5. The van der Waals surface area contributed by atoms with Crippen molar-refractivity contribution >= 4 is 22.5 Å². The van der Waals surface area contributed by atoms with E-state index in [-0.39, 0.29) is 0 Å². The van der Waals surface area contributed by atoms with Gasteiger partial charge in [-0.3, -0.25) is 0 Å². The standard InChI is InChI=1S/C14H10ClNO/c1-9-7-13(14-3-2-6-17-14)16-12-5-4-10(15)8-11(9)12/h2-8H,1H3. The highest BCUT2D eigenvalue weighted by Gasteiger charge is 2.07. The second-order valence-electron chi connectivity index (χ2n) is 3.96. The number of furan rings is 1. The lowest BCUT2D eigenvalue weighted by Crippen LogP contribution is -1.87. The molecule has 1 aromatic carbocycles. The molecule has 3 rings (SSSR count). The first-order chi connectivity index (χ1) is 8.24. The third kappa shape index (κ3) is 1.81. The largest absolute Gasteiger partial charge is 0.463 e. The molecule has 0 N–H and O–H groups in total. The van der Waals surface area contributed by atoms with Gasteiger partial charge in [0.15, 0.2) is 5.76 Å². The Morgan fingerprint density at radius 3 is 2.82 bits per heavy atom. The topological polar surface area (TPSA) is 26.0 Å². The number of rotatable bonds is 1. The maximum Gasteiger partial charge on any atom is 0.152 e. The van der Waals surface area contributed by atoms with E-state index in [1.54, 1.807) is 6.26 Å². The zero-order valence-electron chi connectivity index (χ0n) is 9.27. The molecule has 2 heterocycles. The Balaban J connectivity index is 2.28. The van der Waals surface area contributed by atoms with Crippen molar-refractivity contribution in [1.82, 2.24) is 4.98 Å². The van der Waals surface area contributed by atoms with Crippen LogP contribution in [-0.2, 0) is 0 Å². The first kappa shape index (κ1) is 10.4. The molecule has 0 amide bonds.